The van der Waals surface area contributed by atoms with Crippen molar-refractivity contribution in [2.75, 3.05) is 7.11 Å². The topological polar surface area (TPSA) is 58.6 Å². The summed E-state index contributed by atoms with van der Waals surface area (Å²) < 4.78 is 5.19. The molecule has 0 saturated carbocycles. The van der Waals surface area contributed by atoms with Crippen LogP contribution in [0.15, 0.2) is 24.3 Å². The van der Waals surface area contributed by atoms with Gasteiger partial charge in [0, 0.05) is 5.56 Å². The van der Waals surface area contributed by atoms with E-state index >= 15 is 0 Å². The van der Waals surface area contributed by atoms with Gasteiger partial charge in [-0.05, 0) is 26.8 Å². The van der Waals surface area contributed by atoms with Crippen LogP contribution in [0.5, 0.6) is 5.75 Å². The highest BCUT2D eigenvalue weighted by atomic mass is 16.5. The lowest BCUT2D eigenvalue weighted by molar-refractivity contribution is -0.123. The predicted molar refractivity (Wildman–Crippen MR) is 70.6 cm³/mol. The summed E-state index contributed by atoms with van der Waals surface area (Å²) in [6.07, 6.45) is -0.376. The van der Waals surface area contributed by atoms with Crippen molar-refractivity contribution >= 4 is 5.91 Å². The Bertz CT molecular complexity index is 413. The highest BCUT2D eigenvalue weighted by molar-refractivity contribution is 5.80. The summed E-state index contributed by atoms with van der Waals surface area (Å²) in [6, 6.07) is 7.40. The van der Waals surface area contributed by atoms with Crippen LogP contribution in [0.1, 0.15) is 26.3 Å². The standard InChI is InChI=1S/C14H21NO3/c1-10(16)14(2,3)15-13(17)9-11-7-5-6-8-12(11)18-4/h5-8,10,16H,9H2,1-4H3,(H,15,17). The van der Waals surface area contributed by atoms with Gasteiger partial charge in [-0.1, -0.05) is 18.2 Å². The monoisotopic (exact) mass is 251 g/mol. The average Bonchev–Trinajstić information content (AvgIpc) is 2.28. The van der Waals surface area contributed by atoms with Crippen LogP contribution in [0.2, 0.25) is 0 Å². The fraction of sp³-hybridized carbons (Fsp3) is 0.500. The first-order valence-corrected chi connectivity index (χ1v) is 5.98. The molecule has 0 spiro atoms. The second kappa shape index (κ2) is 5.87. The molecule has 0 aliphatic heterocycles. The Kier molecular flexibility index (Phi) is 4.73. The van der Waals surface area contributed by atoms with Gasteiger partial charge in [0.25, 0.3) is 0 Å². The third kappa shape index (κ3) is 3.74. The molecule has 4 heteroatoms. The molecule has 1 atom stereocenters. The zero-order valence-corrected chi connectivity index (χ0v) is 11.4. The lowest BCUT2D eigenvalue weighted by Gasteiger charge is -2.29. The van der Waals surface area contributed by atoms with Crippen molar-refractivity contribution in [3.63, 3.8) is 0 Å². The van der Waals surface area contributed by atoms with Crippen LogP contribution in [0, 0.1) is 0 Å². The van der Waals surface area contributed by atoms with Gasteiger partial charge in [-0.3, -0.25) is 4.79 Å². The minimum atomic E-state index is -0.640. The maximum absolute atomic E-state index is 11.9. The second-order valence-corrected chi connectivity index (χ2v) is 4.93. The van der Waals surface area contributed by atoms with Crippen LogP contribution < -0.4 is 10.1 Å². The third-order valence-electron chi connectivity index (χ3n) is 3.05. The quantitative estimate of drug-likeness (QED) is 0.834. The van der Waals surface area contributed by atoms with Crippen LogP contribution in [0.25, 0.3) is 0 Å². The van der Waals surface area contributed by atoms with E-state index in [1.54, 1.807) is 27.9 Å². The number of nitrogens with one attached hydrogen (secondary N) is 1. The summed E-state index contributed by atoms with van der Waals surface area (Å²) in [7, 11) is 1.58. The Morgan fingerprint density at radius 3 is 2.61 bits per heavy atom. The van der Waals surface area contributed by atoms with E-state index in [1.807, 2.05) is 24.3 Å². The molecule has 0 fully saturated rings. The summed E-state index contributed by atoms with van der Waals surface area (Å²) in [5.41, 5.74) is 0.193. The SMILES string of the molecule is COc1ccccc1CC(=O)NC(C)(C)C(C)O. The number of para-hydroxylation sites is 1. The Labute approximate surface area is 108 Å². The Balaban J connectivity index is 2.71. The highest BCUT2D eigenvalue weighted by Gasteiger charge is 2.26. The zero-order chi connectivity index (χ0) is 13.8. The number of rotatable bonds is 5. The average molecular weight is 251 g/mol. The van der Waals surface area contributed by atoms with E-state index in [9.17, 15) is 9.90 Å². The fourth-order valence-corrected chi connectivity index (χ4v) is 1.53. The molecule has 0 aliphatic rings. The van der Waals surface area contributed by atoms with Crippen LogP contribution >= 0.6 is 0 Å². The summed E-state index contributed by atoms with van der Waals surface area (Å²) in [5.74, 6) is 0.563. The lowest BCUT2D eigenvalue weighted by Crippen LogP contribution is -2.51. The van der Waals surface area contributed by atoms with Gasteiger partial charge >= 0.3 is 0 Å². The van der Waals surface area contributed by atoms with Crippen molar-refractivity contribution in [1.29, 1.82) is 0 Å². The molecule has 2 N–H and O–H groups in total. The summed E-state index contributed by atoms with van der Waals surface area (Å²) in [4.78, 5) is 11.9. The number of carbonyl (C=O) groups is 1. The fourth-order valence-electron chi connectivity index (χ4n) is 1.53. The number of benzene rings is 1. The van der Waals surface area contributed by atoms with Crippen molar-refractivity contribution in [2.24, 2.45) is 0 Å². The number of hydrogen-bond acceptors (Lipinski definition) is 3. The van der Waals surface area contributed by atoms with Gasteiger partial charge < -0.3 is 15.2 Å². The minimum Gasteiger partial charge on any atom is -0.496 e. The van der Waals surface area contributed by atoms with Crippen LogP contribution in [0.3, 0.4) is 0 Å². The van der Waals surface area contributed by atoms with E-state index in [0.717, 1.165) is 5.56 Å². The molecule has 18 heavy (non-hydrogen) atoms. The molecule has 1 rings (SSSR count). The van der Waals surface area contributed by atoms with Crippen molar-refractivity contribution in [3.05, 3.63) is 29.8 Å². The van der Waals surface area contributed by atoms with Gasteiger partial charge in [0.1, 0.15) is 5.75 Å². The maximum atomic E-state index is 11.9. The van der Waals surface area contributed by atoms with Gasteiger partial charge in [-0.2, -0.15) is 0 Å². The van der Waals surface area contributed by atoms with Crippen LogP contribution in [0.4, 0.5) is 0 Å². The number of amides is 1. The third-order valence-corrected chi connectivity index (χ3v) is 3.05. The molecule has 0 radical (unpaired) electrons. The number of aliphatic hydroxyl groups is 1. The molecule has 0 bridgehead atoms. The smallest absolute Gasteiger partial charge is 0.225 e. The van der Waals surface area contributed by atoms with Gasteiger partial charge in [0.2, 0.25) is 5.91 Å². The zero-order valence-electron chi connectivity index (χ0n) is 11.4. The van der Waals surface area contributed by atoms with Crippen LogP contribution in [-0.4, -0.2) is 29.8 Å². The molecule has 1 aromatic rings. The van der Waals surface area contributed by atoms with Crippen molar-refractivity contribution in [3.8, 4) is 5.75 Å². The van der Waals surface area contributed by atoms with E-state index in [-0.39, 0.29) is 12.3 Å². The lowest BCUT2D eigenvalue weighted by atomic mass is 9.98. The largest absolute Gasteiger partial charge is 0.496 e. The van der Waals surface area contributed by atoms with E-state index < -0.39 is 11.6 Å². The number of methoxy groups -OCH3 is 1. The van der Waals surface area contributed by atoms with Gasteiger partial charge in [-0.25, -0.2) is 0 Å². The first-order chi connectivity index (χ1) is 8.36. The van der Waals surface area contributed by atoms with Crippen molar-refractivity contribution in [2.45, 2.75) is 38.8 Å². The van der Waals surface area contributed by atoms with Gasteiger partial charge in [0.05, 0.1) is 25.2 Å². The number of carbonyl (C=O) groups excluding carboxylic acids is 1. The molecular formula is C14H21NO3. The van der Waals surface area contributed by atoms with Crippen molar-refractivity contribution in [1.82, 2.24) is 5.32 Å². The minimum absolute atomic E-state index is 0.134. The van der Waals surface area contributed by atoms with E-state index in [0.29, 0.717) is 5.75 Å². The first-order valence-electron chi connectivity index (χ1n) is 5.98. The van der Waals surface area contributed by atoms with E-state index in [2.05, 4.69) is 5.32 Å². The molecular weight excluding hydrogens is 230 g/mol. The molecule has 0 saturated heterocycles. The van der Waals surface area contributed by atoms with E-state index in [1.165, 1.54) is 0 Å². The molecule has 4 nitrogen and oxygen atoms in total. The molecule has 1 aromatic carbocycles. The van der Waals surface area contributed by atoms with Crippen LogP contribution in [-0.2, 0) is 11.2 Å². The highest BCUT2D eigenvalue weighted by Crippen LogP contribution is 2.18. The summed E-state index contributed by atoms with van der Waals surface area (Å²) in [6.45, 7) is 5.24. The van der Waals surface area contributed by atoms with Gasteiger partial charge in [0.15, 0.2) is 0 Å². The number of ether oxygens (including phenoxy) is 1. The molecule has 0 heterocycles. The molecule has 0 aromatic heterocycles. The van der Waals surface area contributed by atoms with E-state index in [4.69, 9.17) is 4.74 Å². The number of hydrogen-bond donors (Lipinski definition) is 2. The maximum Gasteiger partial charge on any atom is 0.225 e. The number of aliphatic hydroxyl groups excluding tert-OH is 1. The first kappa shape index (κ1) is 14.5. The molecule has 0 aliphatic carbocycles. The predicted octanol–water partition coefficient (Wildman–Crippen LogP) is 1.51. The molecule has 1 unspecified atom stereocenters. The van der Waals surface area contributed by atoms with Gasteiger partial charge in [-0.15, -0.1) is 0 Å². The Morgan fingerprint density at radius 2 is 2.06 bits per heavy atom. The summed E-state index contributed by atoms with van der Waals surface area (Å²) >= 11 is 0. The summed E-state index contributed by atoms with van der Waals surface area (Å²) in [5, 5.41) is 12.4. The van der Waals surface area contributed by atoms with Crippen molar-refractivity contribution < 1.29 is 14.6 Å². The Hall–Kier alpha value is -1.55. The Morgan fingerprint density at radius 1 is 1.44 bits per heavy atom. The molecule has 100 valence electrons. The molecule has 1 amide bonds. The second-order valence-electron chi connectivity index (χ2n) is 4.93. The normalized spacial score (nSPS) is 12.9.